The van der Waals surface area contributed by atoms with E-state index in [1.165, 1.54) is 5.39 Å². The number of fused-ring (bicyclic) bond motifs is 1. The number of pyridine rings is 1. The van der Waals surface area contributed by atoms with Crippen molar-refractivity contribution in [2.45, 2.75) is 26.2 Å². The molecule has 0 bridgehead atoms. The van der Waals surface area contributed by atoms with E-state index in [-0.39, 0.29) is 0 Å². The standard InChI is InChI=1S/C10H13N3/c1-3-7(2)10-8-4-5-11-6-9(8)12-13-10/h4-7H,3H2,1-2H3,(H,12,13). The summed E-state index contributed by atoms with van der Waals surface area (Å²) in [6.45, 7) is 4.36. The van der Waals surface area contributed by atoms with Crippen molar-refractivity contribution in [1.29, 1.82) is 0 Å². The van der Waals surface area contributed by atoms with Crippen LogP contribution in [0.25, 0.3) is 10.9 Å². The molecule has 1 unspecified atom stereocenters. The van der Waals surface area contributed by atoms with Crippen LogP contribution in [-0.2, 0) is 0 Å². The molecule has 0 fully saturated rings. The predicted octanol–water partition coefficient (Wildman–Crippen LogP) is 2.47. The van der Waals surface area contributed by atoms with Crippen LogP contribution in [0.1, 0.15) is 31.9 Å². The Hall–Kier alpha value is -1.38. The summed E-state index contributed by atoms with van der Waals surface area (Å²) < 4.78 is 0. The van der Waals surface area contributed by atoms with Crippen LogP contribution in [0.3, 0.4) is 0 Å². The van der Waals surface area contributed by atoms with Crippen LogP contribution < -0.4 is 0 Å². The molecule has 2 rings (SSSR count). The summed E-state index contributed by atoms with van der Waals surface area (Å²) in [4.78, 5) is 4.04. The first-order valence-electron chi connectivity index (χ1n) is 4.61. The number of hydrogen-bond acceptors (Lipinski definition) is 2. The first kappa shape index (κ1) is 8.23. The van der Waals surface area contributed by atoms with Gasteiger partial charge in [0.15, 0.2) is 0 Å². The first-order valence-corrected chi connectivity index (χ1v) is 4.61. The van der Waals surface area contributed by atoms with Gasteiger partial charge in [-0.05, 0) is 12.5 Å². The van der Waals surface area contributed by atoms with Gasteiger partial charge in [-0.15, -0.1) is 0 Å². The van der Waals surface area contributed by atoms with E-state index in [2.05, 4.69) is 29.0 Å². The molecule has 2 aromatic heterocycles. The Morgan fingerprint density at radius 3 is 3.15 bits per heavy atom. The van der Waals surface area contributed by atoms with E-state index in [4.69, 9.17) is 0 Å². The second-order valence-electron chi connectivity index (χ2n) is 3.34. The number of aromatic amines is 1. The van der Waals surface area contributed by atoms with Crippen molar-refractivity contribution in [2.24, 2.45) is 0 Å². The van der Waals surface area contributed by atoms with Gasteiger partial charge >= 0.3 is 0 Å². The lowest BCUT2D eigenvalue weighted by molar-refractivity contribution is 0.708. The molecule has 2 heterocycles. The molecule has 0 spiro atoms. The quantitative estimate of drug-likeness (QED) is 0.761. The van der Waals surface area contributed by atoms with Crippen molar-refractivity contribution >= 4 is 10.9 Å². The maximum atomic E-state index is 4.30. The fourth-order valence-electron chi connectivity index (χ4n) is 1.46. The van der Waals surface area contributed by atoms with Gasteiger partial charge in [-0.25, -0.2) is 0 Å². The van der Waals surface area contributed by atoms with E-state index in [9.17, 15) is 0 Å². The maximum absolute atomic E-state index is 4.30. The highest BCUT2D eigenvalue weighted by Crippen LogP contribution is 2.23. The molecule has 3 heteroatoms. The van der Waals surface area contributed by atoms with Gasteiger partial charge in [0.2, 0.25) is 0 Å². The Bertz CT molecular complexity index is 405. The van der Waals surface area contributed by atoms with Crippen LogP contribution >= 0.6 is 0 Å². The molecular weight excluding hydrogens is 162 g/mol. The summed E-state index contributed by atoms with van der Waals surface area (Å²) in [6.07, 6.45) is 4.74. The number of hydrogen-bond donors (Lipinski definition) is 1. The Kier molecular flexibility index (Phi) is 2.00. The summed E-state index contributed by atoms with van der Waals surface area (Å²) in [5.41, 5.74) is 2.18. The van der Waals surface area contributed by atoms with Crippen LogP contribution in [0, 0.1) is 0 Å². The van der Waals surface area contributed by atoms with Gasteiger partial charge in [-0.1, -0.05) is 13.8 Å². The van der Waals surface area contributed by atoms with Gasteiger partial charge in [0.05, 0.1) is 17.4 Å². The fraction of sp³-hybridized carbons (Fsp3) is 0.400. The molecule has 0 aromatic carbocycles. The molecule has 13 heavy (non-hydrogen) atoms. The average molecular weight is 175 g/mol. The number of rotatable bonds is 2. The second-order valence-corrected chi connectivity index (χ2v) is 3.34. The third kappa shape index (κ3) is 1.30. The zero-order valence-electron chi connectivity index (χ0n) is 7.91. The van der Waals surface area contributed by atoms with Gasteiger partial charge in [-0.3, -0.25) is 10.1 Å². The summed E-state index contributed by atoms with van der Waals surface area (Å²) in [5.74, 6) is 0.510. The summed E-state index contributed by atoms with van der Waals surface area (Å²) >= 11 is 0. The van der Waals surface area contributed by atoms with Crippen molar-refractivity contribution in [2.75, 3.05) is 0 Å². The Balaban J connectivity index is 2.57. The van der Waals surface area contributed by atoms with Crippen LogP contribution in [0.4, 0.5) is 0 Å². The minimum absolute atomic E-state index is 0.510. The molecule has 1 atom stereocenters. The van der Waals surface area contributed by atoms with Crippen molar-refractivity contribution in [3.05, 3.63) is 24.2 Å². The van der Waals surface area contributed by atoms with E-state index in [0.717, 1.165) is 17.6 Å². The molecule has 0 aliphatic rings. The first-order chi connectivity index (χ1) is 6.33. The molecule has 3 nitrogen and oxygen atoms in total. The van der Waals surface area contributed by atoms with Crippen LogP contribution in [0.15, 0.2) is 18.5 Å². The molecule has 0 aliphatic carbocycles. The summed E-state index contributed by atoms with van der Waals surface area (Å²) in [6, 6.07) is 2.01. The Labute approximate surface area is 77.2 Å². The number of aromatic nitrogens is 3. The van der Waals surface area contributed by atoms with E-state index >= 15 is 0 Å². The monoisotopic (exact) mass is 175 g/mol. The number of nitrogens with zero attached hydrogens (tertiary/aromatic N) is 2. The maximum Gasteiger partial charge on any atom is 0.0836 e. The lowest BCUT2D eigenvalue weighted by Gasteiger charge is -2.03. The molecule has 0 amide bonds. The molecule has 1 N–H and O–H groups in total. The Morgan fingerprint density at radius 1 is 1.54 bits per heavy atom. The van der Waals surface area contributed by atoms with Gasteiger partial charge < -0.3 is 0 Å². The lowest BCUT2D eigenvalue weighted by atomic mass is 10.0. The van der Waals surface area contributed by atoms with E-state index in [1.807, 2.05) is 18.5 Å². The van der Waals surface area contributed by atoms with Crippen molar-refractivity contribution in [3.8, 4) is 0 Å². The normalized spacial score (nSPS) is 13.4. The number of nitrogens with one attached hydrogen (secondary N) is 1. The third-order valence-corrected chi connectivity index (χ3v) is 2.47. The van der Waals surface area contributed by atoms with Gasteiger partial charge in [0.25, 0.3) is 0 Å². The van der Waals surface area contributed by atoms with Gasteiger partial charge in [0.1, 0.15) is 0 Å². The van der Waals surface area contributed by atoms with Crippen molar-refractivity contribution < 1.29 is 0 Å². The van der Waals surface area contributed by atoms with Crippen LogP contribution in [0.5, 0.6) is 0 Å². The smallest absolute Gasteiger partial charge is 0.0836 e. The number of H-pyrrole nitrogens is 1. The second kappa shape index (κ2) is 3.17. The third-order valence-electron chi connectivity index (χ3n) is 2.47. The largest absolute Gasteiger partial charge is 0.276 e. The summed E-state index contributed by atoms with van der Waals surface area (Å²) in [5, 5.41) is 8.49. The highest BCUT2D eigenvalue weighted by molar-refractivity contribution is 5.80. The lowest BCUT2D eigenvalue weighted by Crippen LogP contribution is -1.91. The summed E-state index contributed by atoms with van der Waals surface area (Å²) in [7, 11) is 0. The molecule has 68 valence electrons. The van der Waals surface area contributed by atoms with Gasteiger partial charge in [0, 0.05) is 17.5 Å². The fourth-order valence-corrected chi connectivity index (χ4v) is 1.46. The van der Waals surface area contributed by atoms with E-state index < -0.39 is 0 Å². The van der Waals surface area contributed by atoms with Crippen LogP contribution in [0.2, 0.25) is 0 Å². The zero-order valence-corrected chi connectivity index (χ0v) is 7.91. The predicted molar refractivity (Wildman–Crippen MR) is 52.6 cm³/mol. The molecular formula is C10H13N3. The average Bonchev–Trinajstić information content (AvgIpc) is 2.60. The zero-order chi connectivity index (χ0) is 9.26. The molecule has 0 aliphatic heterocycles. The SMILES string of the molecule is CCC(C)c1n[nH]c2cnccc12. The molecule has 2 aromatic rings. The Morgan fingerprint density at radius 2 is 2.38 bits per heavy atom. The van der Waals surface area contributed by atoms with E-state index in [0.29, 0.717) is 5.92 Å². The molecule has 0 saturated heterocycles. The van der Waals surface area contributed by atoms with E-state index in [1.54, 1.807) is 0 Å². The minimum atomic E-state index is 0.510. The van der Waals surface area contributed by atoms with Gasteiger partial charge in [-0.2, -0.15) is 5.10 Å². The molecule has 0 radical (unpaired) electrons. The molecule has 0 saturated carbocycles. The highest BCUT2D eigenvalue weighted by Gasteiger charge is 2.10. The minimum Gasteiger partial charge on any atom is -0.276 e. The van der Waals surface area contributed by atoms with Crippen molar-refractivity contribution in [1.82, 2.24) is 15.2 Å². The topological polar surface area (TPSA) is 41.6 Å². The van der Waals surface area contributed by atoms with Crippen molar-refractivity contribution in [3.63, 3.8) is 0 Å². The highest BCUT2D eigenvalue weighted by atomic mass is 15.1. The van der Waals surface area contributed by atoms with Crippen LogP contribution in [-0.4, -0.2) is 15.2 Å².